The number of rotatable bonds is 6. The number of benzene rings is 1. The van der Waals surface area contributed by atoms with Crippen LogP contribution in [0.15, 0.2) is 23.1 Å². The second kappa shape index (κ2) is 9.64. The zero-order chi connectivity index (χ0) is 21.0. The average Bonchev–Trinajstić information content (AvgIpc) is 3.25. The van der Waals surface area contributed by atoms with Crippen LogP contribution in [-0.4, -0.2) is 73.9 Å². The molecule has 2 saturated heterocycles. The first-order chi connectivity index (χ1) is 13.9. The summed E-state index contributed by atoms with van der Waals surface area (Å²) in [7, 11) is -3.62. The largest absolute Gasteiger partial charge is 0.323 e. The van der Waals surface area contributed by atoms with Crippen molar-refractivity contribution in [1.29, 1.82) is 0 Å². The van der Waals surface area contributed by atoms with Crippen LogP contribution in [-0.2, 0) is 10.0 Å². The van der Waals surface area contributed by atoms with E-state index < -0.39 is 10.0 Å². The summed E-state index contributed by atoms with van der Waals surface area (Å²) in [5, 5.41) is 3.16. The lowest BCUT2D eigenvalue weighted by atomic mass is 10.0. The van der Waals surface area contributed by atoms with Crippen LogP contribution in [0.3, 0.4) is 0 Å². The first-order valence-corrected chi connectivity index (χ1v) is 12.3. The number of likely N-dealkylation sites (tertiary alicyclic amines) is 2. The van der Waals surface area contributed by atoms with Gasteiger partial charge in [-0.15, -0.1) is 0 Å². The fourth-order valence-electron chi connectivity index (χ4n) is 4.21. The van der Waals surface area contributed by atoms with E-state index in [0.717, 1.165) is 25.9 Å². The summed E-state index contributed by atoms with van der Waals surface area (Å²) in [6.07, 6.45) is 4.54. The Morgan fingerprint density at radius 3 is 2.52 bits per heavy atom. The van der Waals surface area contributed by atoms with Gasteiger partial charge in [0, 0.05) is 32.2 Å². The highest BCUT2D eigenvalue weighted by molar-refractivity contribution is 7.89. The van der Waals surface area contributed by atoms with Gasteiger partial charge in [0.1, 0.15) is 0 Å². The Labute approximate surface area is 179 Å². The van der Waals surface area contributed by atoms with Crippen LogP contribution in [0.5, 0.6) is 0 Å². The molecule has 1 unspecified atom stereocenters. The molecule has 7 nitrogen and oxygen atoms in total. The highest BCUT2D eigenvalue weighted by Crippen LogP contribution is 2.28. The predicted molar refractivity (Wildman–Crippen MR) is 116 cm³/mol. The lowest BCUT2D eigenvalue weighted by molar-refractivity contribution is 0.132. The van der Waals surface area contributed by atoms with Gasteiger partial charge >= 0.3 is 6.03 Å². The summed E-state index contributed by atoms with van der Waals surface area (Å²) in [6, 6.07) is 4.64. The molecule has 1 aromatic carbocycles. The third kappa shape index (κ3) is 5.05. The Morgan fingerprint density at radius 1 is 1.17 bits per heavy atom. The van der Waals surface area contributed by atoms with Gasteiger partial charge in [0.15, 0.2) is 0 Å². The van der Waals surface area contributed by atoms with Gasteiger partial charge in [0.05, 0.1) is 15.6 Å². The van der Waals surface area contributed by atoms with Gasteiger partial charge < -0.3 is 10.2 Å². The highest BCUT2D eigenvalue weighted by Gasteiger charge is 2.30. The van der Waals surface area contributed by atoms with Gasteiger partial charge in [-0.1, -0.05) is 25.4 Å². The number of amides is 2. The fourth-order valence-corrected chi connectivity index (χ4v) is 5.86. The Kier molecular flexibility index (Phi) is 7.42. The number of carbonyl (C=O) groups is 1. The number of nitrogens with one attached hydrogen (secondary N) is 1. The molecule has 0 radical (unpaired) electrons. The van der Waals surface area contributed by atoms with Gasteiger partial charge in [-0.05, 0) is 57.0 Å². The summed E-state index contributed by atoms with van der Waals surface area (Å²) >= 11 is 6.26. The number of urea groups is 1. The molecule has 9 heteroatoms. The van der Waals surface area contributed by atoms with Crippen LogP contribution in [0.1, 0.15) is 39.5 Å². The molecule has 162 valence electrons. The van der Waals surface area contributed by atoms with Gasteiger partial charge in [-0.3, -0.25) is 4.90 Å². The average molecular weight is 443 g/mol. The quantitative estimate of drug-likeness (QED) is 0.732. The zero-order valence-corrected chi connectivity index (χ0v) is 18.8. The predicted octanol–water partition coefficient (Wildman–Crippen LogP) is 3.46. The van der Waals surface area contributed by atoms with Gasteiger partial charge in [0.25, 0.3) is 0 Å². The molecule has 1 atom stereocenters. The molecular formula is C20H31ClN4O3S. The lowest BCUT2D eigenvalue weighted by Crippen LogP contribution is -2.50. The molecule has 0 aromatic heterocycles. The number of sulfonamides is 1. The van der Waals surface area contributed by atoms with E-state index >= 15 is 0 Å². The number of halogens is 1. The molecule has 2 aliphatic heterocycles. The van der Waals surface area contributed by atoms with E-state index in [2.05, 4.69) is 10.2 Å². The van der Waals surface area contributed by atoms with Crippen molar-refractivity contribution >= 4 is 33.3 Å². The van der Waals surface area contributed by atoms with Crippen LogP contribution < -0.4 is 5.32 Å². The maximum absolute atomic E-state index is 12.9. The van der Waals surface area contributed by atoms with Gasteiger partial charge in [-0.25, -0.2) is 13.2 Å². The van der Waals surface area contributed by atoms with Gasteiger partial charge in [-0.2, -0.15) is 4.31 Å². The van der Waals surface area contributed by atoms with Gasteiger partial charge in [0.2, 0.25) is 10.0 Å². The fraction of sp³-hybridized carbons (Fsp3) is 0.650. The minimum atomic E-state index is -3.62. The Hall–Kier alpha value is -1.35. The second-order valence-corrected chi connectivity index (χ2v) is 9.99. The molecule has 0 aliphatic carbocycles. The molecular weight excluding hydrogens is 412 g/mol. The minimum Gasteiger partial charge on any atom is -0.323 e. The Bertz CT molecular complexity index is 823. The standard InChI is InChI=1S/C20H31ClN4O3S/c1-3-25(4-2)29(27,28)17-9-10-18(21)19(14-17)22-20(26)24-13-7-8-16(15-24)23-11-5-6-12-23/h9-10,14,16H,3-8,11-13,15H2,1-2H3,(H,22,26). The molecule has 2 fully saturated rings. The monoisotopic (exact) mass is 442 g/mol. The van der Waals surface area contributed by atoms with E-state index in [1.54, 1.807) is 13.8 Å². The van der Waals surface area contributed by atoms with E-state index in [9.17, 15) is 13.2 Å². The summed E-state index contributed by atoms with van der Waals surface area (Å²) in [6.45, 7) is 7.98. The summed E-state index contributed by atoms with van der Waals surface area (Å²) < 4.78 is 27.0. The maximum Gasteiger partial charge on any atom is 0.321 e. The zero-order valence-electron chi connectivity index (χ0n) is 17.2. The van der Waals surface area contributed by atoms with E-state index in [-0.39, 0.29) is 10.9 Å². The molecule has 1 N–H and O–H groups in total. The first-order valence-electron chi connectivity index (χ1n) is 10.5. The van der Waals surface area contributed by atoms with Crippen molar-refractivity contribution in [3.05, 3.63) is 23.2 Å². The van der Waals surface area contributed by atoms with Crippen LogP contribution in [0, 0.1) is 0 Å². The smallest absolute Gasteiger partial charge is 0.321 e. The molecule has 0 saturated carbocycles. The highest BCUT2D eigenvalue weighted by atomic mass is 35.5. The van der Waals surface area contributed by atoms with E-state index in [1.165, 1.54) is 35.3 Å². The molecule has 2 amide bonds. The SMILES string of the molecule is CCN(CC)S(=O)(=O)c1ccc(Cl)c(NC(=O)N2CCCC(N3CCCC3)C2)c1. The number of piperidine rings is 1. The van der Waals surface area contributed by atoms with Crippen molar-refractivity contribution in [3.8, 4) is 0 Å². The van der Waals surface area contributed by atoms with Crippen LogP contribution in [0.25, 0.3) is 0 Å². The number of nitrogens with zero attached hydrogens (tertiary/aromatic N) is 3. The molecule has 0 spiro atoms. The van der Waals surface area contributed by atoms with E-state index in [4.69, 9.17) is 11.6 Å². The van der Waals surface area contributed by atoms with Crippen molar-refractivity contribution in [3.63, 3.8) is 0 Å². The summed E-state index contributed by atoms with van der Waals surface area (Å²) in [4.78, 5) is 17.3. The van der Waals surface area contributed by atoms with Crippen LogP contribution in [0.4, 0.5) is 10.5 Å². The van der Waals surface area contributed by atoms with Crippen molar-refractivity contribution in [1.82, 2.24) is 14.1 Å². The van der Waals surface area contributed by atoms with Crippen molar-refractivity contribution < 1.29 is 13.2 Å². The van der Waals surface area contributed by atoms with Crippen molar-refractivity contribution in [2.45, 2.75) is 50.5 Å². The third-order valence-electron chi connectivity index (χ3n) is 5.86. The molecule has 1 aromatic rings. The lowest BCUT2D eigenvalue weighted by Gasteiger charge is -2.37. The molecule has 3 rings (SSSR count). The Morgan fingerprint density at radius 2 is 1.86 bits per heavy atom. The van der Waals surface area contributed by atoms with Crippen LogP contribution >= 0.6 is 11.6 Å². The van der Waals surface area contributed by atoms with Crippen LogP contribution in [0.2, 0.25) is 5.02 Å². The molecule has 2 aliphatic rings. The number of carbonyl (C=O) groups excluding carboxylic acids is 1. The minimum absolute atomic E-state index is 0.134. The third-order valence-corrected chi connectivity index (χ3v) is 8.24. The Balaban J connectivity index is 1.73. The molecule has 29 heavy (non-hydrogen) atoms. The van der Waals surface area contributed by atoms with Crippen molar-refractivity contribution in [2.75, 3.05) is 44.6 Å². The second-order valence-electron chi connectivity index (χ2n) is 7.65. The normalized spacial score (nSPS) is 21.0. The number of anilines is 1. The van der Waals surface area contributed by atoms with Crippen molar-refractivity contribution in [2.24, 2.45) is 0 Å². The summed E-state index contributed by atoms with van der Waals surface area (Å²) in [5.74, 6) is 0. The van der Waals surface area contributed by atoms with E-state index in [1.807, 2.05) is 4.90 Å². The topological polar surface area (TPSA) is 73.0 Å². The first kappa shape index (κ1) is 22.3. The number of hydrogen-bond donors (Lipinski definition) is 1. The summed E-state index contributed by atoms with van der Waals surface area (Å²) in [5.41, 5.74) is 0.327. The molecule has 0 bridgehead atoms. The van der Waals surface area contributed by atoms with E-state index in [0.29, 0.717) is 42.9 Å². The molecule has 2 heterocycles. The number of hydrogen-bond acceptors (Lipinski definition) is 4. The maximum atomic E-state index is 12.9.